The van der Waals surface area contributed by atoms with Crippen molar-refractivity contribution >= 4 is 35.0 Å². The van der Waals surface area contributed by atoms with Crippen LogP contribution in [0.1, 0.15) is 75.0 Å². The predicted molar refractivity (Wildman–Crippen MR) is 152 cm³/mol. The van der Waals surface area contributed by atoms with Gasteiger partial charge in [-0.1, -0.05) is 61.3 Å². The molecular formula is C29H34Cl2N6O3. The van der Waals surface area contributed by atoms with Crippen molar-refractivity contribution in [1.82, 2.24) is 30.2 Å². The maximum absolute atomic E-state index is 14.1. The van der Waals surface area contributed by atoms with Gasteiger partial charge in [-0.2, -0.15) is 0 Å². The fourth-order valence-electron chi connectivity index (χ4n) is 5.30. The van der Waals surface area contributed by atoms with E-state index < -0.39 is 29.6 Å². The van der Waals surface area contributed by atoms with Gasteiger partial charge in [-0.25, -0.2) is 4.68 Å². The minimum Gasteiger partial charge on any atom is -0.391 e. The third-order valence-corrected chi connectivity index (χ3v) is 8.25. The van der Waals surface area contributed by atoms with Crippen molar-refractivity contribution in [3.05, 3.63) is 75.8 Å². The van der Waals surface area contributed by atoms with Crippen LogP contribution in [0.4, 0.5) is 0 Å². The zero-order valence-corrected chi connectivity index (χ0v) is 24.3. The highest BCUT2D eigenvalue weighted by atomic mass is 35.5. The normalized spacial score (nSPS) is 20.8. The van der Waals surface area contributed by atoms with Crippen LogP contribution in [0, 0.1) is 5.41 Å². The molecule has 0 bridgehead atoms. The molecular weight excluding hydrogens is 551 g/mol. The van der Waals surface area contributed by atoms with Crippen molar-refractivity contribution in [3.8, 4) is 0 Å². The van der Waals surface area contributed by atoms with Gasteiger partial charge in [-0.05, 0) is 48.1 Å². The summed E-state index contributed by atoms with van der Waals surface area (Å²) >= 11 is 12.5. The molecule has 1 unspecified atom stereocenters. The number of carbonyl (C=O) groups excluding carboxylic acids is 2. The second-order valence-corrected chi connectivity index (χ2v) is 12.6. The summed E-state index contributed by atoms with van der Waals surface area (Å²) in [4.78, 5) is 33.8. The molecule has 1 aliphatic heterocycles. The Morgan fingerprint density at radius 1 is 1.15 bits per heavy atom. The van der Waals surface area contributed by atoms with Crippen LogP contribution in [0.2, 0.25) is 10.0 Å². The molecule has 3 heterocycles. The van der Waals surface area contributed by atoms with Crippen molar-refractivity contribution in [3.63, 3.8) is 0 Å². The molecule has 2 fully saturated rings. The Morgan fingerprint density at radius 2 is 1.93 bits per heavy atom. The summed E-state index contributed by atoms with van der Waals surface area (Å²) in [6.45, 7) is 5.94. The number of hydrogen-bond donors (Lipinski definition) is 2. The Hall–Kier alpha value is -3.01. The van der Waals surface area contributed by atoms with E-state index in [9.17, 15) is 14.7 Å². The molecule has 5 rings (SSSR count). The smallest absolute Gasteiger partial charge is 0.248 e. The van der Waals surface area contributed by atoms with Crippen molar-refractivity contribution in [2.75, 3.05) is 6.54 Å². The zero-order valence-electron chi connectivity index (χ0n) is 22.8. The summed E-state index contributed by atoms with van der Waals surface area (Å²) < 4.78 is 1.62. The van der Waals surface area contributed by atoms with Crippen LogP contribution in [-0.4, -0.2) is 60.5 Å². The van der Waals surface area contributed by atoms with Gasteiger partial charge in [0.05, 0.1) is 27.9 Å². The summed E-state index contributed by atoms with van der Waals surface area (Å²) in [6.07, 6.45) is 5.41. The van der Waals surface area contributed by atoms with Gasteiger partial charge in [0.2, 0.25) is 11.8 Å². The quantitative estimate of drug-likeness (QED) is 0.403. The van der Waals surface area contributed by atoms with Gasteiger partial charge >= 0.3 is 0 Å². The molecule has 1 aliphatic carbocycles. The lowest BCUT2D eigenvalue weighted by atomic mass is 9.85. The van der Waals surface area contributed by atoms with Gasteiger partial charge in [-0.15, -0.1) is 5.10 Å². The number of aliphatic hydroxyl groups is 1. The summed E-state index contributed by atoms with van der Waals surface area (Å²) in [7, 11) is 0. The number of halogens is 2. The molecule has 1 aromatic carbocycles. The Kier molecular flexibility index (Phi) is 8.17. The molecule has 3 aromatic rings. The number of β-amino-alcohol motifs (C(OH)–C–C–N with tert-alkyl or cyclic N) is 1. The van der Waals surface area contributed by atoms with Crippen molar-refractivity contribution in [2.45, 2.75) is 76.6 Å². The largest absolute Gasteiger partial charge is 0.391 e. The first-order valence-corrected chi connectivity index (χ1v) is 14.3. The summed E-state index contributed by atoms with van der Waals surface area (Å²) in [6, 6.07) is 8.79. The first-order chi connectivity index (χ1) is 19.0. The third kappa shape index (κ3) is 6.32. The molecule has 11 heteroatoms. The van der Waals surface area contributed by atoms with Gasteiger partial charge in [-0.3, -0.25) is 14.6 Å². The van der Waals surface area contributed by atoms with Gasteiger partial charge in [0.25, 0.3) is 0 Å². The molecule has 1 saturated heterocycles. The SMILES string of the molecule is CC(C)(C)[C@H](C(=O)N1C[C@H](O)C[C@H]1C(=O)NC(Cc1ccccn1)c1ccc(Cl)c(Cl)c1)n1cc(C2CC2)nn1. The summed E-state index contributed by atoms with van der Waals surface area (Å²) in [5.74, 6) is -0.233. The van der Waals surface area contributed by atoms with Crippen LogP contribution >= 0.6 is 23.2 Å². The van der Waals surface area contributed by atoms with Gasteiger partial charge in [0.15, 0.2) is 0 Å². The van der Waals surface area contributed by atoms with Crippen LogP contribution in [-0.2, 0) is 16.0 Å². The number of aliphatic hydroxyl groups excluding tert-OH is 1. The van der Waals surface area contributed by atoms with E-state index in [4.69, 9.17) is 23.2 Å². The Labute approximate surface area is 243 Å². The Morgan fingerprint density at radius 3 is 2.58 bits per heavy atom. The number of rotatable bonds is 8. The van der Waals surface area contributed by atoms with E-state index in [-0.39, 0.29) is 24.8 Å². The molecule has 1 saturated carbocycles. The van der Waals surface area contributed by atoms with Crippen LogP contribution in [0.25, 0.3) is 0 Å². The Balaban J connectivity index is 1.40. The molecule has 0 spiro atoms. The monoisotopic (exact) mass is 584 g/mol. The fourth-order valence-corrected chi connectivity index (χ4v) is 5.61. The second kappa shape index (κ2) is 11.5. The number of amides is 2. The topological polar surface area (TPSA) is 113 Å². The lowest BCUT2D eigenvalue weighted by molar-refractivity contribution is -0.144. The molecule has 0 radical (unpaired) electrons. The molecule has 40 heavy (non-hydrogen) atoms. The van der Waals surface area contributed by atoms with Gasteiger partial charge < -0.3 is 15.3 Å². The highest BCUT2D eigenvalue weighted by molar-refractivity contribution is 6.42. The molecule has 2 amide bonds. The lowest BCUT2D eigenvalue weighted by Crippen LogP contribution is -2.51. The fraction of sp³-hybridized carbons (Fsp3) is 0.483. The minimum absolute atomic E-state index is 0.0609. The molecule has 4 atom stereocenters. The van der Waals surface area contributed by atoms with Crippen LogP contribution < -0.4 is 5.32 Å². The molecule has 2 aromatic heterocycles. The number of hydrogen-bond acceptors (Lipinski definition) is 6. The van der Waals surface area contributed by atoms with Gasteiger partial charge in [0.1, 0.15) is 12.1 Å². The predicted octanol–water partition coefficient (Wildman–Crippen LogP) is 4.51. The molecule has 212 valence electrons. The van der Waals surface area contributed by atoms with E-state index in [1.165, 1.54) is 4.90 Å². The van der Waals surface area contributed by atoms with Crippen molar-refractivity contribution in [2.24, 2.45) is 5.41 Å². The standard InChI is InChI=1S/C29H34Cl2N6O3/c1-29(2,3)26(37-16-24(34-35-37)17-7-8-17)28(40)36-15-20(38)14-25(36)27(39)33-23(13-19-6-4-5-11-32-19)18-9-10-21(30)22(31)12-18/h4-6,9-12,16-17,20,23,25-26,38H,7-8,13-15H2,1-3H3,(H,33,39)/t20-,23?,25+,26+/m1/s1. The first kappa shape index (κ1) is 28.5. The van der Waals surface area contributed by atoms with E-state index >= 15 is 0 Å². The van der Waals surface area contributed by atoms with Crippen LogP contribution in [0.5, 0.6) is 0 Å². The van der Waals surface area contributed by atoms with E-state index in [0.29, 0.717) is 22.4 Å². The number of nitrogens with zero attached hydrogens (tertiary/aromatic N) is 5. The molecule has 2 N–H and O–H groups in total. The maximum atomic E-state index is 14.1. The molecule has 2 aliphatic rings. The highest BCUT2D eigenvalue weighted by Crippen LogP contribution is 2.40. The molecule has 9 nitrogen and oxygen atoms in total. The lowest BCUT2D eigenvalue weighted by Gasteiger charge is -2.35. The van der Waals surface area contributed by atoms with Crippen LogP contribution in [0.3, 0.4) is 0 Å². The van der Waals surface area contributed by atoms with Gasteiger partial charge in [0, 0.05) is 43.4 Å². The number of benzene rings is 1. The highest BCUT2D eigenvalue weighted by Gasteiger charge is 2.45. The Bertz CT molecular complexity index is 1370. The van der Waals surface area contributed by atoms with Crippen LogP contribution in [0.15, 0.2) is 48.8 Å². The minimum atomic E-state index is -0.854. The zero-order chi connectivity index (χ0) is 28.6. The number of aromatic nitrogens is 4. The second-order valence-electron chi connectivity index (χ2n) is 11.8. The first-order valence-electron chi connectivity index (χ1n) is 13.6. The number of pyridine rings is 1. The van der Waals surface area contributed by atoms with E-state index in [1.807, 2.05) is 51.2 Å². The summed E-state index contributed by atoms with van der Waals surface area (Å²) in [5.41, 5.74) is 1.91. The van der Waals surface area contributed by atoms with Crippen molar-refractivity contribution < 1.29 is 14.7 Å². The summed E-state index contributed by atoms with van der Waals surface area (Å²) in [5, 5.41) is 23.1. The van der Waals surface area contributed by atoms with Crippen molar-refractivity contribution in [1.29, 1.82) is 0 Å². The number of nitrogens with one attached hydrogen (secondary N) is 1. The average molecular weight is 586 g/mol. The number of carbonyl (C=O) groups is 2. The van der Waals surface area contributed by atoms with E-state index in [0.717, 1.165) is 29.8 Å². The van der Waals surface area contributed by atoms with E-state index in [2.05, 4.69) is 20.6 Å². The number of likely N-dealkylation sites (tertiary alicyclic amines) is 1. The van der Waals surface area contributed by atoms with E-state index in [1.54, 1.807) is 23.0 Å². The maximum Gasteiger partial charge on any atom is 0.248 e. The third-order valence-electron chi connectivity index (χ3n) is 7.51. The average Bonchev–Trinajstić information content (AvgIpc) is 3.51.